The molecule has 0 atom stereocenters. The molecule has 0 saturated carbocycles. The lowest BCUT2D eigenvalue weighted by Gasteiger charge is -2.19. The fraction of sp³-hybridized carbons (Fsp3) is 0.800. The van der Waals surface area contributed by atoms with Crippen LogP contribution in [-0.2, 0) is 27.8 Å². The molecule has 0 aromatic carbocycles. The van der Waals surface area contributed by atoms with E-state index < -0.39 is 15.3 Å². The summed E-state index contributed by atoms with van der Waals surface area (Å²) in [6.07, 6.45) is 1.57. The number of rotatable bonds is 7. The number of hydrogen-bond donors (Lipinski definition) is 0. The summed E-state index contributed by atoms with van der Waals surface area (Å²) in [7, 11) is -0.112. The van der Waals surface area contributed by atoms with Gasteiger partial charge in [-0.1, -0.05) is 0 Å². The number of aromatic nitrogens is 3. The Morgan fingerprint density at radius 1 is 1.50 bits per heavy atom. The van der Waals surface area contributed by atoms with Crippen LogP contribution in [0.2, 0.25) is 0 Å². The van der Waals surface area contributed by atoms with Crippen molar-refractivity contribution in [2.24, 2.45) is 0 Å². The van der Waals surface area contributed by atoms with Gasteiger partial charge in [0, 0.05) is 20.7 Å². The van der Waals surface area contributed by atoms with Crippen molar-refractivity contribution in [3.05, 3.63) is 12.2 Å². The highest BCUT2D eigenvalue weighted by molar-refractivity contribution is 7.89. The first kappa shape index (κ1) is 15.1. The Hall–Kier alpha value is -0.990. The summed E-state index contributed by atoms with van der Waals surface area (Å²) in [6, 6.07) is 0. The fourth-order valence-electron chi connectivity index (χ4n) is 1.43. The summed E-state index contributed by atoms with van der Waals surface area (Å²) in [4.78, 5) is 0. The number of sulfonamides is 1. The average Bonchev–Trinajstić information content (AvgIpc) is 2.73. The van der Waals surface area contributed by atoms with E-state index in [1.807, 2.05) is 0 Å². The van der Waals surface area contributed by atoms with E-state index in [0.717, 1.165) is 0 Å². The predicted molar refractivity (Wildman–Crippen MR) is 67.4 cm³/mol. The number of ether oxygens (including phenoxy) is 1. The summed E-state index contributed by atoms with van der Waals surface area (Å²) in [5.74, 6) is 0.610. The van der Waals surface area contributed by atoms with Crippen molar-refractivity contribution in [3.63, 3.8) is 0 Å². The molecule has 7 nitrogen and oxygen atoms in total. The monoisotopic (exact) mass is 276 g/mol. The molecule has 0 bridgehead atoms. The van der Waals surface area contributed by atoms with Gasteiger partial charge < -0.3 is 9.30 Å². The van der Waals surface area contributed by atoms with E-state index in [9.17, 15) is 8.42 Å². The quantitative estimate of drug-likeness (QED) is 0.705. The summed E-state index contributed by atoms with van der Waals surface area (Å²) >= 11 is 0. The first-order chi connectivity index (χ1) is 8.39. The van der Waals surface area contributed by atoms with Gasteiger partial charge in [0.2, 0.25) is 10.0 Å². The molecule has 0 aliphatic carbocycles. The molecule has 104 valence electrons. The molecule has 18 heavy (non-hydrogen) atoms. The Bertz CT molecular complexity index is 469. The highest BCUT2D eigenvalue weighted by Gasteiger charge is 2.23. The Morgan fingerprint density at radius 2 is 2.17 bits per heavy atom. The van der Waals surface area contributed by atoms with Crippen LogP contribution in [0.1, 0.15) is 19.7 Å². The van der Waals surface area contributed by atoms with E-state index in [4.69, 9.17) is 4.74 Å². The average molecular weight is 276 g/mol. The molecule has 0 unspecified atom stereocenters. The van der Waals surface area contributed by atoms with E-state index in [0.29, 0.717) is 19.0 Å². The highest BCUT2D eigenvalue weighted by Crippen LogP contribution is 2.09. The van der Waals surface area contributed by atoms with Crippen LogP contribution in [0.25, 0.3) is 0 Å². The molecule has 1 rings (SSSR count). The fourth-order valence-corrected chi connectivity index (χ4v) is 2.44. The second-order valence-corrected chi connectivity index (χ2v) is 6.88. The van der Waals surface area contributed by atoms with E-state index >= 15 is 0 Å². The van der Waals surface area contributed by atoms with Crippen molar-refractivity contribution in [1.29, 1.82) is 0 Å². The topological polar surface area (TPSA) is 77.3 Å². The van der Waals surface area contributed by atoms with Gasteiger partial charge in [0.05, 0.1) is 18.4 Å². The third kappa shape index (κ3) is 3.50. The molecule has 0 radical (unpaired) electrons. The zero-order valence-electron chi connectivity index (χ0n) is 11.2. The molecule has 1 aromatic heterocycles. The minimum absolute atomic E-state index is 0.213. The summed E-state index contributed by atoms with van der Waals surface area (Å²) in [5, 5.41) is 7.28. The van der Waals surface area contributed by atoms with Crippen LogP contribution in [0, 0.1) is 0 Å². The summed E-state index contributed by atoms with van der Waals surface area (Å²) in [5.41, 5.74) is 0. The molecular formula is C10H20N4O3S. The van der Waals surface area contributed by atoms with Crippen LogP contribution in [0.4, 0.5) is 0 Å². The van der Waals surface area contributed by atoms with Crippen molar-refractivity contribution in [2.75, 3.05) is 20.8 Å². The van der Waals surface area contributed by atoms with E-state index in [1.54, 1.807) is 38.9 Å². The number of nitrogens with zero attached hydrogens (tertiary/aromatic N) is 4. The van der Waals surface area contributed by atoms with Gasteiger partial charge in [0.25, 0.3) is 0 Å². The van der Waals surface area contributed by atoms with Crippen LogP contribution in [-0.4, -0.2) is 53.5 Å². The van der Waals surface area contributed by atoms with E-state index in [1.165, 1.54) is 4.31 Å². The molecule has 1 heterocycles. The maximum atomic E-state index is 11.9. The SMILES string of the molecule is COCCn1cnnc1CN(C)S(=O)(=O)C(C)C. The summed E-state index contributed by atoms with van der Waals surface area (Å²) < 4.78 is 31.9. The Balaban J connectivity index is 2.76. The zero-order valence-corrected chi connectivity index (χ0v) is 12.0. The maximum absolute atomic E-state index is 11.9. The first-order valence-electron chi connectivity index (χ1n) is 5.70. The van der Waals surface area contributed by atoms with Crippen LogP contribution < -0.4 is 0 Å². The van der Waals surface area contributed by atoms with Gasteiger partial charge in [-0.05, 0) is 13.8 Å². The third-order valence-electron chi connectivity index (χ3n) is 2.63. The van der Waals surface area contributed by atoms with Gasteiger partial charge >= 0.3 is 0 Å². The van der Waals surface area contributed by atoms with Gasteiger partial charge in [-0.15, -0.1) is 10.2 Å². The second-order valence-electron chi connectivity index (χ2n) is 4.28. The van der Waals surface area contributed by atoms with Gasteiger partial charge in [-0.2, -0.15) is 4.31 Å². The first-order valence-corrected chi connectivity index (χ1v) is 7.20. The van der Waals surface area contributed by atoms with Crippen molar-refractivity contribution in [1.82, 2.24) is 19.1 Å². The Kier molecular flexibility index (Phi) is 5.24. The molecule has 0 fully saturated rings. The van der Waals surface area contributed by atoms with Crippen molar-refractivity contribution in [2.45, 2.75) is 32.2 Å². The van der Waals surface area contributed by atoms with Crippen LogP contribution in [0.3, 0.4) is 0 Å². The van der Waals surface area contributed by atoms with Gasteiger partial charge in [0.1, 0.15) is 12.2 Å². The van der Waals surface area contributed by atoms with Gasteiger partial charge in [-0.3, -0.25) is 0 Å². The van der Waals surface area contributed by atoms with Crippen molar-refractivity contribution < 1.29 is 13.2 Å². The van der Waals surface area contributed by atoms with Crippen molar-refractivity contribution in [3.8, 4) is 0 Å². The lowest BCUT2D eigenvalue weighted by molar-refractivity contribution is 0.185. The normalized spacial score (nSPS) is 12.6. The van der Waals surface area contributed by atoms with E-state index in [-0.39, 0.29) is 6.54 Å². The minimum Gasteiger partial charge on any atom is -0.383 e. The number of methoxy groups -OCH3 is 1. The molecule has 0 aliphatic heterocycles. The molecule has 1 aromatic rings. The maximum Gasteiger partial charge on any atom is 0.216 e. The molecule has 0 saturated heterocycles. The minimum atomic E-state index is -3.27. The molecular weight excluding hydrogens is 256 g/mol. The highest BCUT2D eigenvalue weighted by atomic mass is 32.2. The van der Waals surface area contributed by atoms with Crippen LogP contribution in [0.15, 0.2) is 6.33 Å². The molecule has 0 amide bonds. The number of hydrogen-bond acceptors (Lipinski definition) is 5. The lowest BCUT2D eigenvalue weighted by atomic mass is 10.5. The standard InChI is InChI=1S/C10H20N4O3S/c1-9(2)18(15,16)13(3)7-10-12-11-8-14(10)5-6-17-4/h8-9H,5-7H2,1-4H3. The van der Waals surface area contributed by atoms with Crippen LogP contribution >= 0.6 is 0 Å². The molecule has 8 heteroatoms. The Labute approximate surface area is 108 Å². The lowest BCUT2D eigenvalue weighted by Crippen LogP contribution is -2.33. The molecule has 0 spiro atoms. The zero-order chi connectivity index (χ0) is 13.8. The second kappa shape index (κ2) is 6.26. The van der Waals surface area contributed by atoms with Gasteiger partial charge in [-0.25, -0.2) is 8.42 Å². The summed E-state index contributed by atoms with van der Waals surface area (Å²) in [6.45, 7) is 4.66. The van der Waals surface area contributed by atoms with Crippen LogP contribution in [0.5, 0.6) is 0 Å². The van der Waals surface area contributed by atoms with E-state index in [2.05, 4.69) is 10.2 Å². The smallest absolute Gasteiger partial charge is 0.216 e. The van der Waals surface area contributed by atoms with Crippen molar-refractivity contribution >= 4 is 10.0 Å². The largest absolute Gasteiger partial charge is 0.383 e. The molecule has 0 N–H and O–H groups in total. The Morgan fingerprint density at radius 3 is 2.72 bits per heavy atom. The predicted octanol–water partition coefficient (Wildman–Crippen LogP) is 0.0945. The third-order valence-corrected chi connectivity index (χ3v) is 4.82. The van der Waals surface area contributed by atoms with Gasteiger partial charge in [0.15, 0.2) is 0 Å². The molecule has 0 aliphatic rings.